The van der Waals surface area contributed by atoms with Crippen molar-refractivity contribution in [3.05, 3.63) is 11.3 Å². The van der Waals surface area contributed by atoms with E-state index < -0.39 is 11.6 Å². The quantitative estimate of drug-likeness (QED) is 0.724. The molecule has 4 nitrogen and oxygen atoms in total. The van der Waals surface area contributed by atoms with E-state index in [-0.39, 0.29) is 18.1 Å². The molecule has 0 aromatic carbocycles. The smallest absolute Gasteiger partial charge is 0.337 e. The lowest BCUT2D eigenvalue weighted by Gasteiger charge is -2.44. The van der Waals surface area contributed by atoms with Crippen LogP contribution in [0.1, 0.15) is 39.5 Å². The van der Waals surface area contributed by atoms with E-state index in [1.165, 1.54) is 0 Å². The number of esters is 1. The minimum absolute atomic E-state index is 0.0220. The first kappa shape index (κ1) is 12.4. The van der Waals surface area contributed by atoms with Gasteiger partial charge in [0.15, 0.2) is 0 Å². The molecule has 2 aliphatic carbocycles. The Morgan fingerprint density at radius 2 is 2.29 bits per heavy atom. The number of hydrogen-bond donors (Lipinski definition) is 2. The number of aliphatic hydroxyl groups is 2. The Morgan fingerprint density at radius 1 is 1.59 bits per heavy atom. The molecule has 0 amide bonds. The summed E-state index contributed by atoms with van der Waals surface area (Å²) in [4.78, 5) is 11.8. The molecular formula is C13H20O4. The van der Waals surface area contributed by atoms with E-state index in [1.807, 2.05) is 0 Å². The van der Waals surface area contributed by atoms with Crippen molar-refractivity contribution in [3.8, 4) is 0 Å². The first-order valence-electron chi connectivity index (χ1n) is 6.28. The highest BCUT2D eigenvalue weighted by atomic mass is 16.5. The molecule has 0 saturated heterocycles. The standard InChI is InChI=1S/C13H20O4/c1-3-17-12(15)11-9-6-13(16,7-10(11)14)5-4-8(9)2/h8-9,14,16H,3-7H2,1-2H3. The lowest BCUT2D eigenvalue weighted by molar-refractivity contribution is -0.141. The topological polar surface area (TPSA) is 66.8 Å². The van der Waals surface area contributed by atoms with E-state index in [0.717, 1.165) is 6.42 Å². The number of carbonyl (C=O) groups excluding carboxylic acids is 1. The molecule has 0 aromatic heterocycles. The zero-order valence-electron chi connectivity index (χ0n) is 10.4. The summed E-state index contributed by atoms with van der Waals surface area (Å²) in [5.74, 6) is -0.168. The molecule has 0 heterocycles. The van der Waals surface area contributed by atoms with Crippen LogP contribution < -0.4 is 0 Å². The molecule has 1 saturated carbocycles. The molecule has 3 unspecified atom stereocenters. The fourth-order valence-corrected chi connectivity index (χ4v) is 3.06. The van der Waals surface area contributed by atoms with Gasteiger partial charge < -0.3 is 14.9 Å². The predicted molar refractivity (Wildman–Crippen MR) is 62.4 cm³/mol. The van der Waals surface area contributed by atoms with Gasteiger partial charge in [-0.1, -0.05) is 6.92 Å². The van der Waals surface area contributed by atoms with Gasteiger partial charge in [-0.2, -0.15) is 0 Å². The molecule has 4 heteroatoms. The number of hydrogen-bond acceptors (Lipinski definition) is 4. The number of fused-ring (bicyclic) bond motifs is 2. The molecule has 0 aliphatic heterocycles. The Bertz CT molecular complexity index is 360. The summed E-state index contributed by atoms with van der Waals surface area (Å²) >= 11 is 0. The molecule has 2 aliphatic rings. The van der Waals surface area contributed by atoms with Crippen LogP contribution in [0.2, 0.25) is 0 Å². The second-order valence-corrected chi connectivity index (χ2v) is 5.31. The van der Waals surface area contributed by atoms with Crippen LogP contribution in [0.4, 0.5) is 0 Å². The number of aliphatic hydroxyl groups excluding tert-OH is 1. The van der Waals surface area contributed by atoms with Crippen LogP contribution in [-0.2, 0) is 9.53 Å². The monoisotopic (exact) mass is 240 g/mol. The summed E-state index contributed by atoms with van der Waals surface area (Å²) in [6.45, 7) is 4.11. The van der Waals surface area contributed by atoms with Crippen molar-refractivity contribution >= 4 is 5.97 Å². The van der Waals surface area contributed by atoms with Gasteiger partial charge in [0.1, 0.15) is 5.76 Å². The van der Waals surface area contributed by atoms with Gasteiger partial charge in [-0.15, -0.1) is 0 Å². The van der Waals surface area contributed by atoms with Crippen molar-refractivity contribution in [2.45, 2.75) is 45.1 Å². The second kappa shape index (κ2) is 4.33. The SMILES string of the molecule is CCOC(=O)C1=C(O)CC2(O)CCC(C)C1C2. The molecule has 0 spiro atoms. The zero-order chi connectivity index (χ0) is 12.6. The van der Waals surface area contributed by atoms with Gasteiger partial charge in [0.25, 0.3) is 0 Å². The third-order valence-electron chi connectivity index (χ3n) is 4.03. The maximum atomic E-state index is 11.8. The van der Waals surface area contributed by atoms with Gasteiger partial charge in [-0.3, -0.25) is 0 Å². The summed E-state index contributed by atoms with van der Waals surface area (Å²) in [6.07, 6.45) is 2.33. The maximum Gasteiger partial charge on any atom is 0.337 e. The number of carbonyl (C=O) groups is 1. The van der Waals surface area contributed by atoms with E-state index in [4.69, 9.17) is 4.74 Å². The minimum Gasteiger partial charge on any atom is -0.512 e. The third-order valence-corrected chi connectivity index (χ3v) is 4.03. The Balaban J connectivity index is 2.32. The first-order valence-corrected chi connectivity index (χ1v) is 6.28. The maximum absolute atomic E-state index is 11.8. The Morgan fingerprint density at radius 3 is 2.94 bits per heavy atom. The molecule has 2 bridgehead atoms. The number of ether oxygens (including phenoxy) is 1. The molecule has 96 valence electrons. The summed E-state index contributed by atoms with van der Waals surface area (Å²) < 4.78 is 4.99. The van der Waals surface area contributed by atoms with E-state index in [1.54, 1.807) is 6.92 Å². The summed E-state index contributed by atoms with van der Waals surface area (Å²) in [5.41, 5.74) is -0.430. The van der Waals surface area contributed by atoms with Crippen LogP contribution >= 0.6 is 0 Å². The van der Waals surface area contributed by atoms with E-state index in [2.05, 4.69) is 6.92 Å². The highest BCUT2D eigenvalue weighted by molar-refractivity contribution is 5.90. The van der Waals surface area contributed by atoms with Crippen LogP contribution in [-0.4, -0.2) is 28.4 Å². The van der Waals surface area contributed by atoms with Crippen molar-refractivity contribution in [2.24, 2.45) is 11.8 Å². The van der Waals surface area contributed by atoms with E-state index in [9.17, 15) is 15.0 Å². The van der Waals surface area contributed by atoms with E-state index >= 15 is 0 Å². The lowest BCUT2D eigenvalue weighted by atomic mass is 9.64. The van der Waals surface area contributed by atoms with E-state index in [0.29, 0.717) is 30.9 Å². The highest BCUT2D eigenvalue weighted by Crippen LogP contribution is 2.47. The third kappa shape index (κ3) is 2.18. The second-order valence-electron chi connectivity index (χ2n) is 5.31. The molecule has 2 N–H and O–H groups in total. The molecule has 0 radical (unpaired) electrons. The fraction of sp³-hybridized carbons (Fsp3) is 0.769. The molecule has 2 rings (SSSR count). The largest absolute Gasteiger partial charge is 0.512 e. The Kier molecular flexibility index (Phi) is 3.17. The van der Waals surface area contributed by atoms with Gasteiger partial charge in [0, 0.05) is 6.42 Å². The predicted octanol–water partition coefficient (Wildman–Crippen LogP) is 1.93. The molecule has 3 atom stereocenters. The average Bonchev–Trinajstić information content (AvgIpc) is 2.23. The van der Waals surface area contributed by atoms with Crippen molar-refractivity contribution in [1.82, 2.24) is 0 Å². The van der Waals surface area contributed by atoms with Gasteiger partial charge in [0.2, 0.25) is 0 Å². The summed E-state index contributed by atoms with van der Waals surface area (Å²) in [6, 6.07) is 0. The van der Waals surface area contributed by atoms with Gasteiger partial charge >= 0.3 is 5.97 Å². The lowest BCUT2D eigenvalue weighted by Crippen LogP contribution is -2.44. The minimum atomic E-state index is -0.822. The molecular weight excluding hydrogens is 220 g/mol. The molecule has 0 aromatic rings. The van der Waals surface area contributed by atoms with Crippen LogP contribution in [0, 0.1) is 11.8 Å². The van der Waals surface area contributed by atoms with Crippen LogP contribution in [0.3, 0.4) is 0 Å². The van der Waals surface area contributed by atoms with Gasteiger partial charge in [0.05, 0.1) is 17.8 Å². The first-order chi connectivity index (χ1) is 7.97. The fourth-order valence-electron chi connectivity index (χ4n) is 3.06. The van der Waals surface area contributed by atoms with Crippen LogP contribution in [0.15, 0.2) is 11.3 Å². The normalized spacial score (nSPS) is 36.9. The molecule has 17 heavy (non-hydrogen) atoms. The van der Waals surface area contributed by atoms with Gasteiger partial charge in [-0.25, -0.2) is 4.79 Å². The summed E-state index contributed by atoms with van der Waals surface area (Å²) in [7, 11) is 0. The average molecular weight is 240 g/mol. The van der Waals surface area contributed by atoms with Crippen molar-refractivity contribution < 1.29 is 19.7 Å². The Labute approximate surface area is 101 Å². The van der Waals surface area contributed by atoms with Crippen LogP contribution in [0.5, 0.6) is 0 Å². The molecule has 1 fully saturated rings. The van der Waals surface area contributed by atoms with Gasteiger partial charge in [-0.05, 0) is 38.0 Å². The van der Waals surface area contributed by atoms with Crippen molar-refractivity contribution in [3.63, 3.8) is 0 Å². The zero-order valence-corrected chi connectivity index (χ0v) is 10.4. The summed E-state index contributed by atoms with van der Waals surface area (Å²) in [5, 5.41) is 20.2. The van der Waals surface area contributed by atoms with Crippen LogP contribution in [0.25, 0.3) is 0 Å². The number of rotatable bonds is 2. The van der Waals surface area contributed by atoms with Crippen molar-refractivity contribution in [1.29, 1.82) is 0 Å². The Hall–Kier alpha value is -1.03. The highest BCUT2D eigenvalue weighted by Gasteiger charge is 2.47. The van der Waals surface area contributed by atoms with Crippen molar-refractivity contribution in [2.75, 3.05) is 6.61 Å².